The third-order valence-electron chi connectivity index (χ3n) is 6.00. The first-order valence-electron chi connectivity index (χ1n) is 11.6. The Hall–Kier alpha value is -4.79. The Labute approximate surface area is 212 Å². The number of nitrogens with zero attached hydrogens (tertiary/aromatic N) is 2. The van der Waals surface area contributed by atoms with Crippen molar-refractivity contribution in [2.24, 2.45) is 0 Å². The highest BCUT2D eigenvalue weighted by molar-refractivity contribution is 6.51. The molecule has 1 saturated heterocycles. The van der Waals surface area contributed by atoms with Gasteiger partial charge in [0, 0.05) is 23.4 Å². The van der Waals surface area contributed by atoms with Gasteiger partial charge in [0.1, 0.15) is 5.76 Å². The number of ketones is 1. The molecular weight excluding hydrogens is 476 g/mol. The van der Waals surface area contributed by atoms with Crippen LogP contribution in [0, 0.1) is 17.0 Å². The fourth-order valence-corrected chi connectivity index (χ4v) is 4.33. The van der Waals surface area contributed by atoms with Gasteiger partial charge in [-0.15, -0.1) is 0 Å². The van der Waals surface area contributed by atoms with Crippen LogP contribution in [0.25, 0.3) is 5.76 Å². The number of benzene rings is 3. The van der Waals surface area contributed by atoms with Crippen LogP contribution in [0.2, 0.25) is 0 Å². The van der Waals surface area contributed by atoms with E-state index in [0.717, 1.165) is 11.6 Å². The molecule has 3 aromatic rings. The number of nitro groups is 1. The van der Waals surface area contributed by atoms with Crippen LogP contribution in [0.3, 0.4) is 0 Å². The summed E-state index contributed by atoms with van der Waals surface area (Å²) in [4.78, 5) is 50.3. The molecule has 4 rings (SSSR count). The molecule has 9 nitrogen and oxygen atoms in total. The Kier molecular flexibility index (Phi) is 7.15. The summed E-state index contributed by atoms with van der Waals surface area (Å²) in [7, 11) is 0. The third-order valence-corrected chi connectivity index (χ3v) is 6.00. The number of non-ortho nitro benzene ring substituents is 1. The van der Waals surface area contributed by atoms with Crippen LogP contribution in [0.4, 0.5) is 11.4 Å². The number of nitro benzene ring substituents is 1. The third kappa shape index (κ3) is 5.11. The van der Waals surface area contributed by atoms with Crippen molar-refractivity contribution >= 4 is 34.8 Å². The Bertz CT molecular complexity index is 1430. The molecule has 0 bridgehead atoms. The number of hydrogen-bond donors (Lipinski definition) is 1. The van der Waals surface area contributed by atoms with Gasteiger partial charge in [-0.1, -0.05) is 54.1 Å². The predicted octanol–water partition coefficient (Wildman–Crippen LogP) is 4.64. The summed E-state index contributed by atoms with van der Waals surface area (Å²) >= 11 is 0. The van der Waals surface area contributed by atoms with Crippen LogP contribution < -0.4 is 4.90 Å². The molecule has 0 aliphatic carbocycles. The summed E-state index contributed by atoms with van der Waals surface area (Å²) in [5.74, 6) is -2.65. The number of carbonyl (C=O) groups is 3. The van der Waals surface area contributed by atoms with E-state index in [1.165, 1.54) is 23.1 Å². The molecule has 1 N–H and O–H groups in total. The second-order valence-electron chi connectivity index (χ2n) is 8.54. The van der Waals surface area contributed by atoms with Gasteiger partial charge in [0.2, 0.25) is 0 Å². The summed E-state index contributed by atoms with van der Waals surface area (Å²) in [6, 6.07) is 18.0. The Morgan fingerprint density at radius 3 is 2.41 bits per heavy atom. The summed E-state index contributed by atoms with van der Waals surface area (Å²) in [5, 5.41) is 22.4. The smallest absolute Gasteiger partial charge is 0.310 e. The quantitative estimate of drug-likeness (QED) is 0.125. The van der Waals surface area contributed by atoms with Gasteiger partial charge in [0.15, 0.2) is 0 Å². The molecule has 1 unspecified atom stereocenters. The molecular formula is C28H24N2O7. The summed E-state index contributed by atoms with van der Waals surface area (Å²) < 4.78 is 4.97. The first-order chi connectivity index (χ1) is 17.7. The molecule has 0 saturated carbocycles. The van der Waals surface area contributed by atoms with E-state index in [-0.39, 0.29) is 35.8 Å². The lowest BCUT2D eigenvalue weighted by atomic mass is 9.94. The monoisotopic (exact) mass is 500 g/mol. The maximum absolute atomic E-state index is 13.3. The Morgan fingerprint density at radius 2 is 1.76 bits per heavy atom. The molecule has 0 aromatic heterocycles. The molecule has 1 aliphatic heterocycles. The molecule has 188 valence electrons. The lowest BCUT2D eigenvalue weighted by Crippen LogP contribution is -2.29. The van der Waals surface area contributed by atoms with Crippen molar-refractivity contribution in [1.29, 1.82) is 0 Å². The zero-order valence-corrected chi connectivity index (χ0v) is 20.2. The van der Waals surface area contributed by atoms with Gasteiger partial charge in [0.05, 0.1) is 29.6 Å². The molecule has 37 heavy (non-hydrogen) atoms. The fourth-order valence-electron chi connectivity index (χ4n) is 4.33. The summed E-state index contributed by atoms with van der Waals surface area (Å²) in [6.45, 7) is 3.85. The first-order valence-corrected chi connectivity index (χ1v) is 11.6. The Morgan fingerprint density at radius 1 is 1.05 bits per heavy atom. The Balaban J connectivity index is 1.83. The van der Waals surface area contributed by atoms with Gasteiger partial charge in [-0.05, 0) is 37.1 Å². The maximum Gasteiger partial charge on any atom is 0.310 e. The van der Waals surface area contributed by atoms with Crippen molar-refractivity contribution in [2.45, 2.75) is 26.3 Å². The van der Waals surface area contributed by atoms with Gasteiger partial charge in [0.25, 0.3) is 17.4 Å². The predicted molar refractivity (Wildman–Crippen MR) is 136 cm³/mol. The lowest BCUT2D eigenvalue weighted by molar-refractivity contribution is -0.384. The average molecular weight is 501 g/mol. The fraction of sp³-hybridized carbons (Fsp3) is 0.179. The highest BCUT2D eigenvalue weighted by Crippen LogP contribution is 2.42. The molecule has 3 aromatic carbocycles. The van der Waals surface area contributed by atoms with Crippen LogP contribution in [0.15, 0.2) is 78.4 Å². The molecule has 9 heteroatoms. The number of aryl methyl sites for hydroxylation is 1. The van der Waals surface area contributed by atoms with Gasteiger partial charge in [-0.3, -0.25) is 29.4 Å². The molecule has 1 aliphatic rings. The lowest BCUT2D eigenvalue weighted by Gasteiger charge is -2.26. The van der Waals surface area contributed by atoms with Gasteiger partial charge in [-0.25, -0.2) is 0 Å². The van der Waals surface area contributed by atoms with E-state index in [9.17, 15) is 29.6 Å². The van der Waals surface area contributed by atoms with Crippen molar-refractivity contribution in [2.75, 3.05) is 11.5 Å². The van der Waals surface area contributed by atoms with E-state index in [1.54, 1.807) is 49.4 Å². The number of carbonyl (C=O) groups excluding carboxylic acids is 3. The van der Waals surface area contributed by atoms with Crippen molar-refractivity contribution in [3.8, 4) is 0 Å². The molecule has 1 heterocycles. The van der Waals surface area contributed by atoms with Crippen LogP contribution >= 0.6 is 0 Å². The number of Topliss-reactive ketones (excluding diaryl/α,β-unsaturated/α-hetero) is 1. The number of rotatable bonds is 7. The molecule has 0 spiro atoms. The van der Waals surface area contributed by atoms with E-state index in [2.05, 4.69) is 0 Å². The number of aliphatic hydroxyl groups excluding tert-OH is 1. The normalized spacial score (nSPS) is 16.6. The van der Waals surface area contributed by atoms with Crippen molar-refractivity contribution in [3.05, 3.63) is 111 Å². The minimum atomic E-state index is -0.977. The number of hydrogen-bond acceptors (Lipinski definition) is 7. The van der Waals surface area contributed by atoms with Crippen LogP contribution in [0.1, 0.15) is 35.2 Å². The second-order valence-corrected chi connectivity index (χ2v) is 8.54. The molecule has 0 radical (unpaired) electrons. The molecule has 1 atom stereocenters. The van der Waals surface area contributed by atoms with Gasteiger partial charge < -0.3 is 9.84 Å². The highest BCUT2D eigenvalue weighted by Gasteiger charge is 2.47. The minimum Gasteiger partial charge on any atom is -0.507 e. The zero-order chi connectivity index (χ0) is 26.7. The summed E-state index contributed by atoms with van der Waals surface area (Å²) in [5.41, 5.74) is 2.13. The number of amides is 1. The minimum absolute atomic E-state index is 0.0506. The van der Waals surface area contributed by atoms with Crippen molar-refractivity contribution < 1.29 is 29.2 Å². The van der Waals surface area contributed by atoms with E-state index >= 15 is 0 Å². The number of esters is 1. The van der Waals surface area contributed by atoms with Crippen molar-refractivity contribution in [1.82, 2.24) is 0 Å². The summed E-state index contributed by atoms with van der Waals surface area (Å²) in [6.07, 6.45) is 0.0566. The van der Waals surface area contributed by atoms with Crippen LogP contribution in [-0.4, -0.2) is 34.3 Å². The second kappa shape index (κ2) is 10.4. The van der Waals surface area contributed by atoms with E-state index < -0.39 is 28.4 Å². The average Bonchev–Trinajstić information content (AvgIpc) is 3.14. The van der Waals surface area contributed by atoms with E-state index in [4.69, 9.17) is 4.74 Å². The number of anilines is 1. The van der Waals surface area contributed by atoms with E-state index in [1.807, 2.05) is 13.0 Å². The van der Waals surface area contributed by atoms with Crippen LogP contribution in [-0.2, 0) is 25.5 Å². The maximum atomic E-state index is 13.3. The van der Waals surface area contributed by atoms with E-state index in [0.29, 0.717) is 16.8 Å². The standard InChI is InChI=1S/C28H24N2O7/c1-3-37-23(31)15-18-10-12-21(13-11-18)29-25(19-7-4-6-17(2)14-19)24(27(33)28(29)34)26(32)20-8-5-9-22(16-20)30(35)36/h4-14,16,25,32H,3,15H2,1-2H3/b26-24-. The first kappa shape index (κ1) is 25.3. The van der Waals surface area contributed by atoms with Crippen molar-refractivity contribution in [3.63, 3.8) is 0 Å². The largest absolute Gasteiger partial charge is 0.507 e. The number of ether oxygens (including phenoxy) is 1. The zero-order valence-electron chi connectivity index (χ0n) is 20.2. The van der Waals surface area contributed by atoms with Gasteiger partial charge in [-0.2, -0.15) is 0 Å². The molecule has 1 amide bonds. The SMILES string of the molecule is CCOC(=O)Cc1ccc(N2C(=O)C(=O)/C(=C(\O)c3cccc([N+](=O)[O-])c3)C2c2cccc(C)c2)cc1. The number of aliphatic hydroxyl groups is 1. The molecule has 1 fully saturated rings. The topological polar surface area (TPSA) is 127 Å². The highest BCUT2D eigenvalue weighted by atomic mass is 16.6. The van der Waals surface area contributed by atoms with Crippen LogP contribution in [0.5, 0.6) is 0 Å². The van der Waals surface area contributed by atoms with Gasteiger partial charge >= 0.3 is 5.97 Å².